The minimum atomic E-state index is -0.0757. The molecule has 0 aliphatic carbocycles. The number of hydrogen-bond acceptors (Lipinski definition) is 5. The van der Waals surface area contributed by atoms with Gasteiger partial charge in [0, 0.05) is 60.1 Å². The summed E-state index contributed by atoms with van der Waals surface area (Å²) in [6, 6.07) is 79.2. The number of fused-ring (bicyclic) bond motifs is 6. The molecular weight excluding hydrogens is 1150 g/mol. The van der Waals surface area contributed by atoms with Gasteiger partial charge in [-0.15, -0.1) is 95.2 Å². The third kappa shape index (κ3) is 9.82. The largest absolute Gasteiger partial charge is 3.00 e. The van der Waals surface area contributed by atoms with E-state index in [9.17, 15) is 9.59 Å². The zero-order valence-electron chi connectivity index (χ0n) is 43.5. The molecule has 79 heavy (non-hydrogen) atoms. The van der Waals surface area contributed by atoms with Crippen LogP contribution >= 0.6 is 0 Å². The molecule has 5 heterocycles. The van der Waals surface area contributed by atoms with Crippen LogP contribution in [0.1, 0.15) is 22.3 Å². The molecule has 5 aromatic heterocycles. The SMILES string of the molecule is Cn1c(=O)c2cc(CCc3cc(CCc4cnc5c(c4)c(=O)n(C)c4ccc[c-]c54)cc(-c4ccccc4-c4cnc(-c5[c-]cccc5)cc4-c4ccc(-c5ccc(-c6ccccc6)cc5)cc4)c3)cnc2c2[c-]cccc21.[Ir+3]. The van der Waals surface area contributed by atoms with Crippen molar-refractivity contribution in [2.45, 2.75) is 25.7 Å². The predicted molar refractivity (Wildman–Crippen MR) is 317 cm³/mol. The standard InChI is InChI=1S/C71H50N5O2.Ir/c1-75-66-23-13-11-21-59(66)68-62(70(75)77)40-48(43-73-68)27-25-46-37-47(26-28-49-41-63-69(74-44-49)60-22-12-14-24-67(60)76(2)71(63)78)39-56(38-46)57-19-9-10-20-58(57)64-45-72-65(55-17-7-4-8-18-55)42-61(64)54-35-33-53(34-36-54)52-31-29-51(30-32-52)50-15-5-3-6-16-50;/h3-17,19-20,23-24,29-45H,25-28H2,1-2H3;/q-3;+3. The summed E-state index contributed by atoms with van der Waals surface area (Å²) in [5.41, 5.74) is 19.9. The number of pyridine rings is 5. The summed E-state index contributed by atoms with van der Waals surface area (Å²) in [5, 5.41) is 2.84. The van der Waals surface area contributed by atoms with Gasteiger partial charge in [-0.1, -0.05) is 140 Å². The maximum Gasteiger partial charge on any atom is 3.00 e. The van der Waals surface area contributed by atoms with E-state index in [1.807, 2.05) is 105 Å². The molecule has 0 spiro atoms. The Balaban J connectivity index is 0.00000623. The van der Waals surface area contributed by atoms with E-state index in [0.29, 0.717) is 47.5 Å². The molecule has 13 rings (SSSR count). The van der Waals surface area contributed by atoms with Crippen LogP contribution in [-0.2, 0) is 59.9 Å². The van der Waals surface area contributed by atoms with Crippen molar-refractivity contribution in [3.05, 3.63) is 280 Å². The maximum atomic E-state index is 13.7. The molecule has 8 heteroatoms. The van der Waals surface area contributed by atoms with Gasteiger partial charge in [0.15, 0.2) is 0 Å². The van der Waals surface area contributed by atoms with Crippen molar-refractivity contribution in [3.8, 4) is 66.9 Å². The zero-order chi connectivity index (χ0) is 52.7. The summed E-state index contributed by atoms with van der Waals surface area (Å²) >= 11 is 0. The number of aryl methyl sites for hydroxylation is 6. The first-order valence-corrected chi connectivity index (χ1v) is 26.3. The van der Waals surface area contributed by atoms with E-state index in [-0.39, 0.29) is 31.2 Å². The van der Waals surface area contributed by atoms with Crippen molar-refractivity contribution in [2.75, 3.05) is 0 Å². The molecule has 0 unspecified atom stereocenters. The van der Waals surface area contributed by atoms with Gasteiger partial charge in [0.05, 0.1) is 0 Å². The minimum absolute atomic E-state index is 0. The summed E-state index contributed by atoms with van der Waals surface area (Å²) in [6.07, 6.45) is 8.60. The first-order chi connectivity index (χ1) is 38.3. The van der Waals surface area contributed by atoms with Gasteiger partial charge in [-0.2, -0.15) is 0 Å². The van der Waals surface area contributed by atoms with Crippen LogP contribution in [0.15, 0.2) is 228 Å². The summed E-state index contributed by atoms with van der Waals surface area (Å²) in [6.45, 7) is 0. The second kappa shape index (κ2) is 21.7. The molecule has 7 nitrogen and oxygen atoms in total. The maximum absolute atomic E-state index is 13.7. The first kappa shape index (κ1) is 50.6. The molecule has 0 radical (unpaired) electrons. The fraction of sp³-hybridized carbons (Fsp3) is 0.0845. The van der Waals surface area contributed by atoms with E-state index in [4.69, 9.17) is 15.0 Å². The summed E-state index contributed by atoms with van der Waals surface area (Å²) in [4.78, 5) is 42.3. The second-order valence-electron chi connectivity index (χ2n) is 20.1. The molecular formula is C71H50IrN5O2. The molecule has 0 saturated heterocycles. The molecule has 0 aliphatic rings. The van der Waals surface area contributed by atoms with Crippen LogP contribution in [0.25, 0.3) is 111 Å². The van der Waals surface area contributed by atoms with Crippen LogP contribution in [0.4, 0.5) is 0 Å². The number of hydrogen-bond donors (Lipinski definition) is 0. The molecule has 380 valence electrons. The van der Waals surface area contributed by atoms with Crippen molar-refractivity contribution in [2.24, 2.45) is 14.1 Å². The van der Waals surface area contributed by atoms with E-state index in [2.05, 4.69) is 146 Å². The van der Waals surface area contributed by atoms with Crippen LogP contribution < -0.4 is 11.1 Å². The van der Waals surface area contributed by atoms with Crippen molar-refractivity contribution in [1.82, 2.24) is 24.1 Å². The Hall–Kier alpha value is -9.20. The average molecular weight is 1200 g/mol. The monoisotopic (exact) mass is 1200 g/mol. The first-order valence-electron chi connectivity index (χ1n) is 26.3. The number of nitrogens with zero attached hydrogens (tertiary/aromatic N) is 5. The Morgan fingerprint density at radius 3 is 1.41 bits per heavy atom. The topological polar surface area (TPSA) is 82.7 Å². The number of rotatable bonds is 12. The molecule has 13 aromatic rings. The van der Waals surface area contributed by atoms with E-state index < -0.39 is 0 Å². The molecule has 8 aromatic carbocycles. The summed E-state index contributed by atoms with van der Waals surface area (Å²) < 4.78 is 3.37. The van der Waals surface area contributed by atoms with E-state index in [0.717, 1.165) is 99.8 Å². The van der Waals surface area contributed by atoms with Crippen molar-refractivity contribution >= 4 is 43.6 Å². The second-order valence-corrected chi connectivity index (χ2v) is 20.1. The van der Waals surface area contributed by atoms with Crippen molar-refractivity contribution in [3.63, 3.8) is 0 Å². The normalized spacial score (nSPS) is 11.4. The van der Waals surface area contributed by atoms with Crippen LogP contribution in [-0.4, -0.2) is 24.1 Å². The van der Waals surface area contributed by atoms with E-state index in [1.165, 1.54) is 11.1 Å². The molecule has 0 fully saturated rings. The number of aromatic nitrogens is 5. The molecule has 0 N–H and O–H groups in total. The van der Waals surface area contributed by atoms with Gasteiger partial charge in [0.1, 0.15) is 0 Å². The van der Waals surface area contributed by atoms with Gasteiger partial charge in [-0.05, 0) is 115 Å². The third-order valence-corrected chi connectivity index (χ3v) is 15.2. The van der Waals surface area contributed by atoms with Crippen LogP contribution in [0.2, 0.25) is 0 Å². The van der Waals surface area contributed by atoms with Crippen molar-refractivity contribution < 1.29 is 20.1 Å². The Bertz CT molecular complexity index is 4390. The third-order valence-electron chi connectivity index (χ3n) is 15.2. The average Bonchev–Trinajstić information content (AvgIpc) is 3.51. The Morgan fingerprint density at radius 1 is 0.380 bits per heavy atom. The van der Waals surface area contributed by atoms with E-state index >= 15 is 0 Å². The van der Waals surface area contributed by atoms with E-state index in [1.54, 1.807) is 9.13 Å². The molecule has 0 bridgehead atoms. The van der Waals surface area contributed by atoms with Gasteiger partial charge < -0.3 is 24.1 Å². The Morgan fingerprint density at radius 2 is 0.861 bits per heavy atom. The van der Waals surface area contributed by atoms with Gasteiger partial charge >= 0.3 is 20.1 Å². The fourth-order valence-corrected chi connectivity index (χ4v) is 11.1. The quantitative estimate of drug-likeness (QED) is 0.0899. The molecule has 0 atom stereocenters. The Labute approximate surface area is 471 Å². The zero-order valence-corrected chi connectivity index (χ0v) is 45.9. The van der Waals surface area contributed by atoms with Gasteiger partial charge in [0.25, 0.3) is 0 Å². The molecule has 0 saturated carbocycles. The van der Waals surface area contributed by atoms with Crippen LogP contribution in [0, 0.1) is 18.2 Å². The fourth-order valence-electron chi connectivity index (χ4n) is 11.1. The number of benzene rings is 8. The van der Waals surface area contributed by atoms with Crippen LogP contribution in [0.5, 0.6) is 0 Å². The van der Waals surface area contributed by atoms with Gasteiger partial charge in [-0.25, -0.2) is 0 Å². The summed E-state index contributed by atoms with van der Waals surface area (Å²) in [7, 11) is 3.61. The van der Waals surface area contributed by atoms with Gasteiger partial charge in [0.2, 0.25) is 11.1 Å². The van der Waals surface area contributed by atoms with Crippen LogP contribution in [0.3, 0.4) is 0 Å². The van der Waals surface area contributed by atoms with Gasteiger partial charge in [-0.3, -0.25) is 9.59 Å². The Kier molecular flexibility index (Phi) is 13.9. The predicted octanol–water partition coefficient (Wildman–Crippen LogP) is 14.9. The summed E-state index contributed by atoms with van der Waals surface area (Å²) in [5.74, 6) is 0. The smallest absolute Gasteiger partial charge is 0.352 e. The molecule has 0 amide bonds. The minimum Gasteiger partial charge on any atom is -0.352 e. The van der Waals surface area contributed by atoms with Crippen molar-refractivity contribution in [1.29, 1.82) is 0 Å². The molecule has 0 aliphatic heterocycles.